The Kier molecular flexibility index (Phi) is 8.39. The molecule has 6 heteroatoms. The maximum absolute atomic E-state index is 12.8. The summed E-state index contributed by atoms with van der Waals surface area (Å²) < 4.78 is 0. The quantitative estimate of drug-likeness (QED) is 0.428. The van der Waals surface area contributed by atoms with E-state index in [0.717, 1.165) is 43.6 Å². The van der Waals surface area contributed by atoms with Crippen molar-refractivity contribution in [2.75, 3.05) is 26.2 Å². The molecule has 1 fully saturated rings. The van der Waals surface area contributed by atoms with E-state index in [1.54, 1.807) is 12.1 Å². The lowest BCUT2D eigenvalue weighted by Gasteiger charge is -2.30. The average Bonchev–Trinajstić information content (AvgIpc) is 3.30. The van der Waals surface area contributed by atoms with E-state index in [1.165, 1.54) is 21.6 Å². The smallest absolute Gasteiger partial charge is 0.253 e. The molecule has 1 saturated heterocycles. The summed E-state index contributed by atoms with van der Waals surface area (Å²) >= 11 is 1.83. The molecule has 2 N–H and O–H groups in total. The van der Waals surface area contributed by atoms with Gasteiger partial charge in [0.25, 0.3) is 5.91 Å². The summed E-state index contributed by atoms with van der Waals surface area (Å²) in [5.41, 5.74) is 12.8. The fraction of sp³-hybridized carbons (Fsp3) is 0.333. The van der Waals surface area contributed by atoms with Crippen LogP contribution < -0.4 is 5.73 Å². The highest BCUT2D eigenvalue weighted by Crippen LogP contribution is 2.33. The number of nitrogens with two attached hydrogens (primary N) is 1. The zero-order valence-corrected chi connectivity index (χ0v) is 22.2. The van der Waals surface area contributed by atoms with Gasteiger partial charge < -0.3 is 10.6 Å². The van der Waals surface area contributed by atoms with E-state index in [-0.39, 0.29) is 5.91 Å². The summed E-state index contributed by atoms with van der Waals surface area (Å²) in [6.07, 6.45) is 1.97. The van der Waals surface area contributed by atoms with Crippen molar-refractivity contribution < 1.29 is 9.59 Å². The lowest BCUT2D eigenvalue weighted by atomic mass is 9.87. The molecule has 2 aromatic carbocycles. The third kappa shape index (κ3) is 5.77. The van der Waals surface area contributed by atoms with Gasteiger partial charge in [0.1, 0.15) is 0 Å². The second-order valence-electron chi connectivity index (χ2n) is 9.28. The first kappa shape index (κ1) is 25.9. The van der Waals surface area contributed by atoms with E-state index in [9.17, 15) is 9.59 Å². The molecule has 0 saturated carbocycles. The van der Waals surface area contributed by atoms with Crippen LogP contribution in [0.3, 0.4) is 0 Å². The molecule has 0 radical (unpaired) electrons. The molecule has 2 heterocycles. The largest absolute Gasteiger partial charge is 0.366 e. The molecule has 0 aliphatic carbocycles. The fourth-order valence-electron chi connectivity index (χ4n) is 4.85. The van der Waals surface area contributed by atoms with Crippen LogP contribution in [-0.4, -0.2) is 47.8 Å². The minimum atomic E-state index is -0.424. The number of primary amides is 1. The molecule has 4 rings (SSSR count). The molecule has 3 aromatic rings. The summed E-state index contributed by atoms with van der Waals surface area (Å²) in [5.74, 6) is -0.365. The number of hydrogen-bond donors (Lipinski definition) is 1. The Hall–Kier alpha value is -3.22. The number of carbonyl (C=O) groups is 2. The second kappa shape index (κ2) is 11.7. The van der Waals surface area contributed by atoms with Gasteiger partial charge in [-0.05, 0) is 91.6 Å². The highest BCUT2D eigenvalue weighted by molar-refractivity contribution is 7.10. The van der Waals surface area contributed by atoms with Crippen LogP contribution >= 0.6 is 11.3 Å². The van der Waals surface area contributed by atoms with Gasteiger partial charge in [0.05, 0.1) is 0 Å². The Morgan fingerprint density at radius 2 is 1.39 bits per heavy atom. The molecule has 0 unspecified atom stereocenters. The van der Waals surface area contributed by atoms with E-state index >= 15 is 0 Å². The number of likely N-dealkylation sites (tertiary alicyclic amines) is 1. The van der Waals surface area contributed by atoms with Gasteiger partial charge in [0.15, 0.2) is 0 Å². The normalized spacial score (nSPS) is 14.0. The molecular weight excluding hydrogens is 466 g/mol. The topological polar surface area (TPSA) is 66.6 Å². The summed E-state index contributed by atoms with van der Waals surface area (Å²) in [6, 6.07) is 17.7. The van der Waals surface area contributed by atoms with Crippen molar-refractivity contribution >= 4 is 28.7 Å². The number of aryl methyl sites for hydroxylation is 1. The SMILES string of the molecule is CCN(CC)C(=O)c1ccc(C(=C2CCN(Cc3sccc3C)CC2)c2ccc(C(N)=O)cc2)cc1. The molecule has 36 heavy (non-hydrogen) atoms. The Balaban J connectivity index is 1.63. The number of amides is 2. The van der Waals surface area contributed by atoms with Crippen molar-refractivity contribution in [3.05, 3.63) is 98.2 Å². The third-order valence-corrected chi connectivity index (χ3v) is 8.09. The first-order valence-corrected chi connectivity index (χ1v) is 13.6. The van der Waals surface area contributed by atoms with E-state index in [2.05, 4.69) is 35.4 Å². The van der Waals surface area contributed by atoms with Crippen LogP contribution in [-0.2, 0) is 6.54 Å². The van der Waals surface area contributed by atoms with Crippen LogP contribution in [0, 0.1) is 6.92 Å². The minimum Gasteiger partial charge on any atom is -0.366 e. The van der Waals surface area contributed by atoms with Gasteiger partial charge in [-0.3, -0.25) is 14.5 Å². The minimum absolute atomic E-state index is 0.0590. The van der Waals surface area contributed by atoms with Crippen molar-refractivity contribution in [1.29, 1.82) is 0 Å². The van der Waals surface area contributed by atoms with Crippen LogP contribution in [0.4, 0.5) is 0 Å². The standard InChI is InChI=1S/C30H35N3O2S/c1-4-33(5-2)30(35)26-12-8-23(9-13-26)28(22-6-10-25(11-7-22)29(31)34)24-14-17-32(18-15-24)20-27-21(3)16-19-36-27/h6-13,16,19H,4-5,14-15,17-18,20H2,1-3H3,(H2,31,34). The van der Waals surface area contributed by atoms with E-state index in [0.29, 0.717) is 24.2 Å². The maximum atomic E-state index is 12.8. The van der Waals surface area contributed by atoms with Gasteiger partial charge in [0.2, 0.25) is 5.91 Å². The first-order chi connectivity index (χ1) is 17.4. The molecule has 5 nitrogen and oxygen atoms in total. The van der Waals surface area contributed by atoms with Crippen LogP contribution in [0.5, 0.6) is 0 Å². The average molecular weight is 502 g/mol. The van der Waals surface area contributed by atoms with Gasteiger partial charge in [-0.25, -0.2) is 0 Å². The Bertz CT molecular complexity index is 1230. The summed E-state index contributed by atoms with van der Waals surface area (Å²) in [5, 5.41) is 2.17. The maximum Gasteiger partial charge on any atom is 0.253 e. The highest BCUT2D eigenvalue weighted by Gasteiger charge is 2.21. The molecule has 1 aliphatic heterocycles. The molecule has 1 aromatic heterocycles. The van der Waals surface area contributed by atoms with E-state index in [4.69, 9.17) is 5.73 Å². The number of benzene rings is 2. The molecule has 0 bridgehead atoms. The first-order valence-electron chi connectivity index (χ1n) is 12.7. The predicted molar refractivity (Wildman–Crippen MR) is 148 cm³/mol. The van der Waals surface area contributed by atoms with E-state index in [1.807, 2.05) is 54.3 Å². The van der Waals surface area contributed by atoms with Crippen molar-refractivity contribution in [1.82, 2.24) is 9.80 Å². The number of piperidine rings is 1. The number of rotatable bonds is 8. The third-order valence-electron chi connectivity index (χ3n) is 7.08. The summed E-state index contributed by atoms with van der Waals surface area (Å²) in [7, 11) is 0. The number of carbonyl (C=O) groups excluding carboxylic acids is 2. The van der Waals surface area contributed by atoms with Crippen molar-refractivity contribution in [2.24, 2.45) is 5.73 Å². The number of thiophene rings is 1. The fourth-order valence-corrected chi connectivity index (χ4v) is 5.80. The van der Waals surface area contributed by atoms with Gasteiger partial charge in [-0.2, -0.15) is 0 Å². The van der Waals surface area contributed by atoms with Crippen LogP contribution in [0.2, 0.25) is 0 Å². The predicted octanol–water partition coefficient (Wildman–Crippen LogP) is 5.74. The van der Waals surface area contributed by atoms with Gasteiger partial charge >= 0.3 is 0 Å². The molecular formula is C30H35N3O2S. The molecule has 0 spiro atoms. The monoisotopic (exact) mass is 501 g/mol. The van der Waals surface area contributed by atoms with Gasteiger partial charge in [-0.1, -0.05) is 29.8 Å². The van der Waals surface area contributed by atoms with Crippen LogP contribution in [0.25, 0.3) is 5.57 Å². The van der Waals surface area contributed by atoms with Gasteiger partial charge in [0, 0.05) is 48.7 Å². The zero-order valence-electron chi connectivity index (χ0n) is 21.4. The second-order valence-corrected chi connectivity index (χ2v) is 10.3. The summed E-state index contributed by atoms with van der Waals surface area (Å²) in [6.45, 7) is 10.6. The van der Waals surface area contributed by atoms with Crippen LogP contribution in [0.15, 0.2) is 65.6 Å². The summed E-state index contributed by atoms with van der Waals surface area (Å²) in [4.78, 5) is 30.2. The zero-order chi connectivity index (χ0) is 25.7. The lowest BCUT2D eigenvalue weighted by molar-refractivity contribution is 0.0772. The van der Waals surface area contributed by atoms with Gasteiger partial charge in [-0.15, -0.1) is 11.3 Å². The number of nitrogens with zero attached hydrogens (tertiary/aromatic N) is 2. The molecule has 188 valence electrons. The Morgan fingerprint density at radius 3 is 1.86 bits per heavy atom. The molecule has 2 amide bonds. The van der Waals surface area contributed by atoms with Crippen LogP contribution in [0.1, 0.15) is 69.0 Å². The lowest BCUT2D eigenvalue weighted by Crippen LogP contribution is -2.30. The number of hydrogen-bond acceptors (Lipinski definition) is 4. The van der Waals surface area contributed by atoms with Crippen molar-refractivity contribution in [3.63, 3.8) is 0 Å². The molecule has 0 atom stereocenters. The van der Waals surface area contributed by atoms with Crippen molar-refractivity contribution in [3.8, 4) is 0 Å². The Labute approximate surface area is 218 Å². The highest BCUT2D eigenvalue weighted by atomic mass is 32.1. The Morgan fingerprint density at radius 1 is 0.861 bits per heavy atom. The molecule has 1 aliphatic rings. The van der Waals surface area contributed by atoms with Crippen molar-refractivity contribution in [2.45, 2.75) is 40.2 Å². The van der Waals surface area contributed by atoms with E-state index < -0.39 is 5.91 Å².